The van der Waals surface area contributed by atoms with Crippen molar-refractivity contribution in [3.8, 4) is 0 Å². The Hall–Kier alpha value is -3.78. The second-order valence-corrected chi connectivity index (χ2v) is 28.4. The summed E-state index contributed by atoms with van der Waals surface area (Å²) in [4.78, 5) is 34.8. The maximum atomic E-state index is 12.7. The van der Waals surface area contributed by atoms with Gasteiger partial charge in [-0.1, -0.05) is 59.6 Å². The molecule has 3 saturated heterocycles. The van der Waals surface area contributed by atoms with Crippen molar-refractivity contribution in [2.75, 3.05) is 48.0 Å². The molecule has 0 spiro atoms. The molecule has 1 unspecified atom stereocenters. The highest BCUT2D eigenvalue weighted by Gasteiger charge is 2.57. The maximum Gasteiger partial charge on any atom is 0.341 e. The lowest BCUT2D eigenvalue weighted by atomic mass is 10.1. The predicted molar refractivity (Wildman–Crippen MR) is 283 cm³/mol. The van der Waals surface area contributed by atoms with Crippen LogP contribution < -0.4 is 20.1 Å². The zero-order valence-corrected chi connectivity index (χ0v) is 47.4. The van der Waals surface area contributed by atoms with Crippen molar-refractivity contribution in [1.82, 2.24) is 48.9 Å². The Kier molecular flexibility index (Phi) is 18.3. The minimum absolute atomic E-state index is 0.0121. The second-order valence-electron chi connectivity index (χ2n) is 18.2. The quantitative estimate of drug-likeness (QED) is 0.0388. The van der Waals surface area contributed by atoms with Gasteiger partial charge in [-0.3, -0.25) is 9.13 Å². The van der Waals surface area contributed by atoms with Crippen molar-refractivity contribution in [2.24, 2.45) is 0 Å². The fourth-order valence-corrected chi connectivity index (χ4v) is 15.9. The van der Waals surface area contributed by atoms with E-state index in [1.165, 1.54) is 22.2 Å². The SMILES string of the molecule is CCOP(C)(=O)CS(=O)(=O)NC[C@H]1O[C@@H](n2ncc3c(NCc4ccccc4Cl)nc(Cl)nc32)[C@@H]2OC(C)(C)O[C@@H]21.O=P(O)(O)CS(=O)(=O)NC[C@H]1O[C@@H](n2ncc3c(NCc4ccccc4Cl)nc(Cl)nc32)[C@H](O)[C@@H]1O. The molecule has 9 rings (SSSR count). The van der Waals surface area contributed by atoms with Gasteiger partial charge in [-0.2, -0.15) is 30.1 Å². The normalized spacial score (nSPS) is 24.2. The molecule has 4 aromatic heterocycles. The molecule has 0 radical (unpaired) electrons. The van der Waals surface area contributed by atoms with Crippen molar-refractivity contribution in [1.29, 1.82) is 0 Å². The number of anilines is 2. The highest BCUT2D eigenvalue weighted by Crippen LogP contribution is 2.46. The lowest BCUT2D eigenvalue weighted by Crippen LogP contribution is -2.40. The number of hydrogen-bond donors (Lipinski definition) is 8. The van der Waals surface area contributed by atoms with Gasteiger partial charge in [-0.25, -0.2) is 35.6 Å². The summed E-state index contributed by atoms with van der Waals surface area (Å²) in [7, 11) is -16.5. The Morgan fingerprint density at radius 3 is 1.66 bits per heavy atom. The predicted octanol–water partition coefficient (Wildman–Crippen LogP) is 4.40. The standard InChI is InChI=1S/C24H31Cl2N6O7PS.C18H21Cl2N6O8PS/c1-5-36-40(4,33)13-41(34,35)29-12-17-18-19(39-24(2,3)38-18)22(37-17)32-21-15(11-28-32)20(30-23(26)31-21)27-10-14-8-6-7-9-16(14)25;19-11-4-2-1-3-9(11)5-21-15-10-6-22-26(16(10)25-18(20)24-15)17-14(28)13(27)12(34-17)7-23-36(32,33)8-35(29,30)31/h6-9,11,17-19,22,29H,5,10,12-13H2,1-4H3,(H,27,30,31);1-4,6,12-14,17,23,27-28H,5,7-8H2,(H,21,24,25)(H2,29,30,31)/t17-,18-,19-,22-,40?;12-,13-,14-,17-/m11/s1. The van der Waals surface area contributed by atoms with Crippen molar-refractivity contribution in [3.05, 3.63) is 92.7 Å². The van der Waals surface area contributed by atoms with Crippen LogP contribution in [0.25, 0.3) is 22.1 Å². The molecule has 2 aromatic carbocycles. The molecule has 3 aliphatic heterocycles. The number of nitrogens with one attached hydrogen (secondary N) is 4. The van der Waals surface area contributed by atoms with Gasteiger partial charge in [0.05, 0.1) is 29.8 Å². The molecule has 7 heterocycles. The van der Waals surface area contributed by atoms with Crippen LogP contribution in [0.4, 0.5) is 11.6 Å². The maximum absolute atomic E-state index is 12.7. The molecule has 3 aliphatic rings. The number of aromatic nitrogens is 8. The third-order valence-corrected chi connectivity index (χ3v) is 20.8. The molecule has 9 atom stereocenters. The highest BCUT2D eigenvalue weighted by atomic mass is 35.5. The molecule has 0 bridgehead atoms. The Morgan fingerprint density at radius 1 is 0.688 bits per heavy atom. The number of rotatable bonds is 20. The first-order valence-electron chi connectivity index (χ1n) is 23.1. The van der Waals surface area contributed by atoms with Crippen LogP contribution in [-0.2, 0) is 65.7 Å². The highest BCUT2D eigenvalue weighted by molar-refractivity contribution is 7.96. The average molecular weight is 1230 g/mol. The number of aliphatic hydroxyl groups excluding tert-OH is 2. The molecular formula is C42H52Cl4N12O15P2S2. The molecular weight excluding hydrogens is 1180 g/mol. The zero-order chi connectivity index (χ0) is 55.8. The van der Waals surface area contributed by atoms with Crippen LogP contribution in [0.2, 0.25) is 20.6 Å². The fraction of sp³-hybridized carbons (Fsp3) is 0.476. The number of hydrogen-bond acceptors (Lipinski definition) is 21. The van der Waals surface area contributed by atoms with Crippen LogP contribution in [0.5, 0.6) is 0 Å². The summed E-state index contributed by atoms with van der Waals surface area (Å²) in [5, 5.41) is 38.0. The van der Waals surface area contributed by atoms with Gasteiger partial charge in [-0.05, 0) is 67.2 Å². The first-order chi connectivity index (χ1) is 36.1. The van der Waals surface area contributed by atoms with E-state index >= 15 is 0 Å². The summed E-state index contributed by atoms with van der Waals surface area (Å²) in [5.74, 6) is -0.182. The molecule has 8 N–H and O–H groups in total. The van der Waals surface area contributed by atoms with E-state index in [2.05, 4.69) is 45.5 Å². The molecule has 6 aromatic rings. The smallest absolute Gasteiger partial charge is 0.341 e. The van der Waals surface area contributed by atoms with E-state index in [9.17, 15) is 36.2 Å². The molecule has 27 nitrogen and oxygen atoms in total. The van der Waals surface area contributed by atoms with E-state index in [4.69, 9.17) is 79.7 Å². The minimum atomic E-state index is -4.85. The van der Waals surface area contributed by atoms with Gasteiger partial charge < -0.3 is 54.1 Å². The van der Waals surface area contributed by atoms with E-state index in [0.717, 1.165) is 11.1 Å². The van der Waals surface area contributed by atoms with Gasteiger partial charge in [0.1, 0.15) is 53.8 Å². The number of halogens is 4. The van der Waals surface area contributed by atoms with E-state index in [-0.39, 0.29) is 29.4 Å². The van der Waals surface area contributed by atoms with Crippen LogP contribution in [0, 0.1) is 0 Å². The number of fused-ring (bicyclic) bond motifs is 3. The third kappa shape index (κ3) is 14.6. The van der Waals surface area contributed by atoms with E-state index in [1.807, 2.05) is 35.1 Å². The molecule has 35 heteroatoms. The summed E-state index contributed by atoms with van der Waals surface area (Å²) in [6.07, 6.45) is -5.50. The summed E-state index contributed by atoms with van der Waals surface area (Å²) in [6.45, 7) is 6.59. The molecule has 0 saturated carbocycles. The lowest BCUT2D eigenvalue weighted by Gasteiger charge is -2.24. The first kappa shape index (κ1) is 59.3. The number of ether oxygens (including phenoxy) is 4. The largest absolute Gasteiger partial charge is 0.387 e. The van der Waals surface area contributed by atoms with Crippen molar-refractivity contribution in [3.63, 3.8) is 0 Å². The van der Waals surface area contributed by atoms with E-state index in [0.29, 0.717) is 51.2 Å². The molecule has 420 valence electrons. The number of benzene rings is 2. The molecule has 0 amide bonds. The Bertz CT molecular complexity index is 3460. The van der Waals surface area contributed by atoms with E-state index in [1.54, 1.807) is 45.2 Å². The summed E-state index contributed by atoms with van der Waals surface area (Å²) >= 11 is 24.9. The number of nitrogens with zero attached hydrogens (tertiary/aromatic N) is 8. The third-order valence-electron chi connectivity index (χ3n) is 11.8. The van der Waals surface area contributed by atoms with Gasteiger partial charge >= 0.3 is 7.60 Å². The van der Waals surface area contributed by atoms with Crippen LogP contribution in [0.15, 0.2) is 60.9 Å². The lowest BCUT2D eigenvalue weighted by molar-refractivity contribution is -0.196. The Balaban J connectivity index is 0.000000205. The zero-order valence-electron chi connectivity index (χ0n) is 40.9. The van der Waals surface area contributed by atoms with Crippen molar-refractivity contribution < 1.29 is 69.4 Å². The van der Waals surface area contributed by atoms with Crippen molar-refractivity contribution >= 4 is 115 Å². The van der Waals surface area contributed by atoms with Crippen LogP contribution >= 0.6 is 61.4 Å². The van der Waals surface area contributed by atoms with Crippen molar-refractivity contribution in [2.45, 2.75) is 88.7 Å². The van der Waals surface area contributed by atoms with Crippen LogP contribution in [0.3, 0.4) is 0 Å². The van der Waals surface area contributed by atoms with Gasteiger partial charge in [0, 0.05) is 42.9 Å². The molecule has 3 fully saturated rings. The monoisotopic (exact) mass is 1230 g/mol. The number of aliphatic hydroxyl groups is 2. The molecule has 0 aliphatic carbocycles. The summed E-state index contributed by atoms with van der Waals surface area (Å²) in [6, 6.07) is 14.6. The average Bonchev–Trinajstić information content (AvgIpc) is 4.18. The Morgan fingerprint density at radius 2 is 1.16 bits per heavy atom. The summed E-state index contributed by atoms with van der Waals surface area (Å²) < 4.78 is 109. The minimum Gasteiger partial charge on any atom is -0.387 e. The molecule has 77 heavy (non-hydrogen) atoms. The number of sulfonamides is 2. The van der Waals surface area contributed by atoms with Gasteiger partial charge in [0.2, 0.25) is 38.0 Å². The second kappa shape index (κ2) is 23.7. The van der Waals surface area contributed by atoms with Crippen LogP contribution in [0.1, 0.15) is 44.4 Å². The first-order valence-corrected chi connectivity index (χ1v) is 32.0. The van der Waals surface area contributed by atoms with Gasteiger partial charge in [-0.15, -0.1) is 0 Å². The van der Waals surface area contributed by atoms with E-state index < -0.39 is 107 Å². The van der Waals surface area contributed by atoms with Crippen LogP contribution in [-0.4, -0.2) is 156 Å². The summed E-state index contributed by atoms with van der Waals surface area (Å²) in [5.41, 5.74) is 0.138. The van der Waals surface area contributed by atoms with Gasteiger partial charge in [0.25, 0.3) is 0 Å². The van der Waals surface area contributed by atoms with Gasteiger partial charge in [0.15, 0.2) is 35.0 Å². The fourth-order valence-electron chi connectivity index (χ4n) is 8.55. The Labute approximate surface area is 460 Å². The topological polar surface area (TPSA) is 365 Å².